The standard InChI is InChI=1S/C16H15NO3S/c18-16-15(21(19,20)13-7-2-1-3-8-13)11-10-12-6-4-5-9-14(12)17-16/h1-9,15H,10-11H2,(H,17,18). The fraction of sp³-hybridized carbons (Fsp3) is 0.188. The molecular weight excluding hydrogens is 286 g/mol. The first kappa shape index (κ1) is 13.8. The van der Waals surface area contributed by atoms with Crippen LogP contribution in [0.4, 0.5) is 5.69 Å². The molecule has 0 aliphatic carbocycles. The number of benzene rings is 2. The van der Waals surface area contributed by atoms with Gasteiger partial charge in [0.1, 0.15) is 5.25 Å². The highest BCUT2D eigenvalue weighted by molar-refractivity contribution is 7.92. The minimum Gasteiger partial charge on any atom is -0.325 e. The predicted octanol–water partition coefficient (Wildman–Crippen LogP) is 2.41. The van der Waals surface area contributed by atoms with Crippen molar-refractivity contribution >= 4 is 21.4 Å². The first-order valence-electron chi connectivity index (χ1n) is 6.77. The van der Waals surface area contributed by atoms with Gasteiger partial charge in [-0.2, -0.15) is 0 Å². The fourth-order valence-corrected chi connectivity index (χ4v) is 4.20. The molecule has 3 rings (SSSR count). The van der Waals surface area contributed by atoms with Gasteiger partial charge < -0.3 is 5.32 Å². The van der Waals surface area contributed by atoms with Gasteiger partial charge in [0.2, 0.25) is 5.91 Å². The van der Waals surface area contributed by atoms with Gasteiger partial charge in [-0.1, -0.05) is 36.4 Å². The van der Waals surface area contributed by atoms with Gasteiger partial charge in [-0.3, -0.25) is 4.79 Å². The van der Waals surface area contributed by atoms with Crippen LogP contribution in [0.25, 0.3) is 0 Å². The first-order chi connectivity index (χ1) is 10.1. The summed E-state index contributed by atoms with van der Waals surface area (Å²) in [7, 11) is -3.66. The minimum atomic E-state index is -3.66. The van der Waals surface area contributed by atoms with Crippen molar-refractivity contribution in [2.24, 2.45) is 0 Å². The van der Waals surface area contributed by atoms with Crippen LogP contribution in [-0.4, -0.2) is 19.6 Å². The zero-order valence-electron chi connectivity index (χ0n) is 11.3. The number of nitrogens with one attached hydrogen (secondary N) is 1. The largest absolute Gasteiger partial charge is 0.325 e. The SMILES string of the molecule is O=C1Nc2ccccc2CCC1S(=O)(=O)c1ccccc1. The minimum absolute atomic E-state index is 0.191. The third-order valence-corrected chi connectivity index (χ3v) is 5.82. The topological polar surface area (TPSA) is 63.2 Å². The highest BCUT2D eigenvalue weighted by Crippen LogP contribution is 2.27. The van der Waals surface area contributed by atoms with Crippen LogP contribution in [0, 0.1) is 0 Å². The van der Waals surface area contributed by atoms with E-state index in [1.54, 1.807) is 24.3 Å². The molecule has 1 atom stereocenters. The molecule has 0 saturated carbocycles. The van der Waals surface area contributed by atoms with Crippen LogP contribution in [0.5, 0.6) is 0 Å². The Morgan fingerprint density at radius 3 is 2.38 bits per heavy atom. The van der Waals surface area contributed by atoms with Crippen molar-refractivity contribution in [3.63, 3.8) is 0 Å². The smallest absolute Gasteiger partial charge is 0.243 e. The van der Waals surface area contributed by atoms with E-state index in [0.717, 1.165) is 5.56 Å². The van der Waals surface area contributed by atoms with Gasteiger partial charge in [0, 0.05) is 5.69 Å². The Balaban J connectivity index is 1.96. The van der Waals surface area contributed by atoms with Crippen LogP contribution in [0.3, 0.4) is 0 Å². The summed E-state index contributed by atoms with van der Waals surface area (Å²) in [4.78, 5) is 12.5. The summed E-state index contributed by atoms with van der Waals surface area (Å²) in [5, 5.41) is 1.68. The number of aryl methyl sites for hydroxylation is 1. The van der Waals surface area contributed by atoms with Crippen LogP contribution in [0.2, 0.25) is 0 Å². The van der Waals surface area contributed by atoms with Gasteiger partial charge in [0.25, 0.3) is 0 Å². The number of sulfone groups is 1. The normalized spacial score (nSPS) is 18.5. The maximum absolute atomic E-state index is 12.6. The predicted molar refractivity (Wildman–Crippen MR) is 80.8 cm³/mol. The van der Waals surface area contributed by atoms with Crippen molar-refractivity contribution in [3.05, 3.63) is 60.2 Å². The lowest BCUT2D eigenvalue weighted by atomic mass is 10.1. The zero-order chi connectivity index (χ0) is 14.9. The Hall–Kier alpha value is -2.14. The van der Waals surface area contributed by atoms with Crippen molar-refractivity contribution in [2.45, 2.75) is 23.0 Å². The maximum Gasteiger partial charge on any atom is 0.243 e. The van der Waals surface area contributed by atoms with E-state index in [0.29, 0.717) is 18.5 Å². The monoisotopic (exact) mass is 301 g/mol. The molecule has 21 heavy (non-hydrogen) atoms. The third kappa shape index (κ3) is 2.56. The first-order valence-corrected chi connectivity index (χ1v) is 8.31. The number of anilines is 1. The van der Waals surface area contributed by atoms with E-state index >= 15 is 0 Å². The molecule has 4 nitrogen and oxygen atoms in total. The molecule has 0 spiro atoms. The van der Waals surface area contributed by atoms with Crippen molar-refractivity contribution in [1.29, 1.82) is 0 Å². The second-order valence-electron chi connectivity index (χ2n) is 5.03. The second-order valence-corrected chi connectivity index (χ2v) is 7.16. The molecule has 0 saturated heterocycles. The van der Waals surface area contributed by atoms with Crippen LogP contribution >= 0.6 is 0 Å². The summed E-state index contributed by atoms with van der Waals surface area (Å²) in [5.74, 6) is -0.455. The van der Waals surface area contributed by atoms with E-state index in [-0.39, 0.29) is 4.90 Å². The van der Waals surface area contributed by atoms with Gasteiger partial charge in [-0.15, -0.1) is 0 Å². The lowest BCUT2D eigenvalue weighted by molar-refractivity contribution is -0.115. The van der Waals surface area contributed by atoms with E-state index in [2.05, 4.69) is 5.32 Å². The quantitative estimate of drug-likeness (QED) is 0.926. The van der Waals surface area contributed by atoms with Gasteiger partial charge in [-0.25, -0.2) is 8.42 Å². The van der Waals surface area contributed by atoms with E-state index in [1.165, 1.54) is 12.1 Å². The Morgan fingerprint density at radius 2 is 1.62 bits per heavy atom. The van der Waals surface area contributed by atoms with Crippen molar-refractivity contribution in [3.8, 4) is 0 Å². The van der Waals surface area contributed by atoms with Crippen molar-refractivity contribution in [1.82, 2.24) is 0 Å². The number of rotatable bonds is 2. The number of amides is 1. The summed E-state index contributed by atoms with van der Waals surface area (Å²) in [5.41, 5.74) is 1.67. The highest BCUT2D eigenvalue weighted by atomic mass is 32.2. The molecule has 1 aliphatic heterocycles. The average Bonchev–Trinajstić information content (AvgIpc) is 2.66. The molecule has 1 heterocycles. The Labute approximate surface area is 123 Å². The number of fused-ring (bicyclic) bond motifs is 1. The number of hydrogen-bond acceptors (Lipinski definition) is 3. The Bertz CT molecular complexity index is 769. The van der Waals surface area contributed by atoms with E-state index in [1.807, 2.05) is 18.2 Å². The molecule has 0 aromatic heterocycles. The van der Waals surface area contributed by atoms with Gasteiger partial charge in [0.15, 0.2) is 9.84 Å². The summed E-state index contributed by atoms with van der Waals surface area (Å²) < 4.78 is 25.3. The van der Waals surface area contributed by atoms with Crippen LogP contribution in [0.1, 0.15) is 12.0 Å². The highest BCUT2D eigenvalue weighted by Gasteiger charge is 2.35. The molecule has 0 fully saturated rings. The molecule has 1 amide bonds. The summed E-state index contributed by atoms with van der Waals surface area (Å²) in [6.45, 7) is 0. The van der Waals surface area contributed by atoms with E-state index < -0.39 is 21.0 Å². The van der Waals surface area contributed by atoms with Gasteiger partial charge >= 0.3 is 0 Å². The Kier molecular flexibility index (Phi) is 3.51. The van der Waals surface area contributed by atoms with E-state index in [9.17, 15) is 13.2 Å². The van der Waals surface area contributed by atoms with Crippen LogP contribution < -0.4 is 5.32 Å². The molecule has 108 valence electrons. The number of carbonyl (C=O) groups excluding carboxylic acids is 1. The zero-order valence-corrected chi connectivity index (χ0v) is 12.1. The average molecular weight is 301 g/mol. The molecule has 1 unspecified atom stereocenters. The summed E-state index contributed by atoms with van der Waals surface area (Å²) in [6, 6.07) is 15.6. The maximum atomic E-state index is 12.6. The van der Waals surface area contributed by atoms with E-state index in [4.69, 9.17) is 0 Å². The molecule has 2 aromatic rings. The lowest BCUT2D eigenvalue weighted by Crippen LogP contribution is -2.34. The molecule has 0 radical (unpaired) electrons. The fourth-order valence-electron chi connectivity index (χ4n) is 2.56. The molecule has 1 aliphatic rings. The summed E-state index contributed by atoms with van der Waals surface area (Å²) in [6.07, 6.45) is 0.853. The number of hydrogen-bond donors (Lipinski definition) is 1. The van der Waals surface area contributed by atoms with Crippen LogP contribution in [0.15, 0.2) is 59.5 Å². The number of carbonyl (C=O) groups is 1. The van der Waals surface area contributed by atoms with Gasteiger partial charge in [-0.05, 0) is 36.6 Å². The lowest BCUT2D eigenvalue weighted by Gasteiger charge is -2.14. The van der Waals surface area contributed by atoms with Crippen LogP contribution in [-0.2, 0) is 21.1 Å². The van der Waals surface area contributed by atoms with Gasteiger partial charge in [0.05, 0.1) is 4.90 Å². The molecular formula is C16H15NO3S. The Morgan fingerprint density at radius 1 is 0.952 bits per heavy atom. The summed E-state index contributed by atoms with van der Waals surface area (Å²) >= 11 is 0. The third-order valence-electron chi connectivity index (χ3n) is 3.69. The molecule has 0 bridgehead atoms. The second kappa shape index (κ2) is 5.33. The van der Waals surface area contributed by atoms with Crippen molar-refractivity contribution in [2.75, 3.05) is 5.32 Å². The molecule has 1 N–H and O–H groups in total. The molecule has 5 heteroatoms. The number of para-hydroxylation sites is 1. The van der Waals surface area contributed by atoms with Crippen molar-refractivity contribution < 1.29 is 13.2 Å². The molecule has 2 aromatic carbocycles.